The minimum atomic E-state index is -0.583. The SMILES string of the molecule is CCN(CC1CCOC1)C(=O)c1ccc(C)c(NC(=O)c2ccccc2F)c1. The zero-order chi connectivity index (χ0) is 20.1. The summed E-state index contributed by atoms with van der Waals surface area (Å²) < 4.78 is 19.3. The standard InChI is InChI=1S/C22H25FN2O3/c1-3-25(13-16-10-11-28-14-16)22(27)17-9-8-15(2)20(12-17)24-21(26)18-6-4-5-7-19(18)23/h4-9,12,16H,3,10-11,13-14H2,1-2H3,(H,24,26). The van der Waals surface area contributed by atoms with Crippen LogP contribution in [0.2, 0.25) is 0 Å². The van der Waals surface area contributed by atoms with E-state index in [2.05, 4.69) is 5.32 Å². The summed E-state index contributed by atoms with van der Waals surface area (Å²) in [7, 11) is 0. The highest BCUT2D eigenvalue weighted by Crippen LogP contribution is 2.21. The number of amides is 2. The Morgan fingerprint density at radius 1 is 1.25 bits per heavy atom. The molecule has 0 aliphatic carbocycles. The summed E-state index contributed by atoms with van der Waals surface area (Å²) in [5.74, 6) is -0.854. The highest BCUT2D eigenvalue weighted by molar-refractivity contribution is 6.05. The normalized spacial score (nSPS) is 16.0. The number of ether oxygens (including phenoxy) is 1. The molecule has 1 fully saturated rings. The van der Waals surface area contributed by atoms with Crippen molar-refractivity contribution in [1.29, 1.82) is 0 Å². The number of aryl methyl sites for hydroxylation is 1. The van der Waals surface area contributed by atoms with E-state index in [1.54, 1.807) is 29.2 Å². The van der Waals surface area contributed by atoms with Gasteiger partial charge in [0.05, 0.1) is 12.2 Å². The average Bonchev–Trinajstić information content (AvgIpc) is 3.20. The molecule has 1 heterocycles. The van der Waals surface area contributed by atoms with E-state index in [9.17, 15) is 14.0 Å². The second kappa shape index (κ2) is 8.97. The Morgan fingerprint density at radius 2 is 2.04 bits per heavy atom. The van der Waals surface area contributed by atoms with Crippen molar-refractivity contribution in [1.82, 2.24) is 4.90 Å². The van der Waals surface area contributed by atoms with E-state index in [1.165, 1.54) is 18.2 Å². The summed E-state index contributed by atoms with van der Waals surface area (Å²) in [4.78, 5) is 27.2. The minimum absolute atomic E-state index is 0.0324. The van der Waals surface area contributed by atoms with Gasteiger partial charge >= 0.3 is 0 Å². The Morgan fingerprint density at radius 3 is 2.71 bits per heavy atom. The topological polar surface area (TPSA) is 58.6 Å². The van der Waals surface area contributed by atoms with Gasteiger partial charge in [-0.15, -0.1) is 0 Å². The number of hydrogen-bond acceptors (Lipinski definition) is 3. The lowest BCUT2D eigenvalue weighted by molar-refractivity contribution is 0.0730. The molecule has 5 nitrogen and oxygen atoms in total. The van der Waals surface area contributed by atoms with Crippen molar-refractivity contribution >= 4 is 17.5 Å². The van der Waals surface area contributed by atoms with Crippen LogP contribution in [0, 0.1) is 18.7 Å². The lowest BCUT2D eigenvalue weighted by Gasteiger charge is -2.24. The molecule has 1 N–H and O–H groups in total. The molecule has 1 saturated heterocycles. The van der Waals surface area contributed by atoms with Gasteiger partial charge in [-0.1, -0.05) is 18.2 Å². The molecule has 148 valence electrons. The van der Waals surface area contributed by atoms with Gasteiger partial charge in [-0.2, -0.15) is 0 Å². The second-order valence-electron chi connectivity index (χ2n) is 7.04. The van der Waals surface area contributed by atoms with Crippen molar-refractivity contribution < 1.29 is 18.7 Å². The van der Waals surface area contributed by atoms with Gasteiger partial charge < -0.3 is 15.0 Å². The van der Waals surface area contributed by atoms with Gasteiger partial charge in [-0.05, 0) is 50.1 Å². The number of nitrogens with one attached hydrogen (secondary N) is 1. The van der Waals surface area contributed by atoms with Crippen molar-refractivity contribution in [3.8, 4) is 0 Å². The van der Waals surface area contributed by atoms with Crippen molar-refractivity contribution in [2.24, 2.45) is 5.92 Å². The van der Waals surface area contributed by atoms with Crippen LogP contribution in [0.5, 0.6) is 0 Å². The number of benzene rings is 2. The molecule has 1 aliphatic heterocycles. The van der Waals surface area contributed by atoms with E-state index in [0.29, 0.717) is 36.9 Å². The van der Waals surface area contributed by atoms with Gasteiger partial charge in [0.15, 0.2) is 0 Å². The minimum Gasteiger partial charge on any atom is -0.381 e. The highest BCUT2D eigenvalue weighted by atomic mass is 19.1. The first kappa shape index (κ1) is 20.0. The second-order valence-corrected chi connectivity index (χ2v) is 7.04. The molecule has 6 heteroatoms. The van der Waals surface area contributed by atoms with Gasteiger partial charge in [0.25, 0.3) is 11.8 Å². The Hall–Kier alpha value is -2.73. The lowest BCUT2D eigenvalue weighted by atomic mass is 10.1. The lowest BCUT2D eigenvalue weighted by Crippen LogP contribution is -2.35. The predicted octanol–water partition coefficient (Wildman–Crippen LogP) is 3.89. The molecule has 3 rings (SSSR count). The first-order chi connectivity index (χ1) is 13.5. The Balaban J connectivity index is 1.77. The first-order valence-corrected chi connectivity index (χ1v) is 9.53. The van der Waals surface area contributed by atoms with E-state index < -0.39 is 11.7 Å². The van der Waals surface area contributed by atoms with Crippen LogP contribution in [-0.2, 0) is 4.74 Å². The van der Waals surface area contributed by atoms with Gasteiger partial charge in [0, 0.05) is 36.9 Å². The van der Waals surface area contributed by atoms with Crippen LogP contribution >= 0.6 is 0 Å². The van der Waals surface area contributed by atoms with E-state index in [4.69, 9.17) is 4.74 Å². The van der Waals surface area contributed by atoms with Gasteiger partial charge in [-0.25, -0.2) is 4.39 Å². The largest absolute Gasteiger partial charge is 0.381 e. The molecule has 2 amide bonds. The number of nitrogens with zero attached hydrogens (tertiary/aromatic N) is 1. The van der Waals surface area contributed by atoms with E-state index >= 15 is 0 Å². The fourth-order valence-corrected chi connectivity index (χ4v) is 3.30. The fourth-order valence-electron chi connectivity index (χ4n) is 3.30. The average molecular weight is 384 g/mol. The van der Waals surface area contributed by atoms with Gasteiger partial charge in [0.2, 0.25) is 0 Å². The molecule has 0 radical (unpaired) electrons. The Bertz CT molecular complexity index is 863. The third kappa shape index (κ3) is 4.57. The monoisotopic (exact) mass is 384 g/mol. The van der Waals surface area contributed by atoms with E-state index in [0.717, 1.165) is 18.6 Å². The smallest absolute Gasteiger partial charge is 0.258 e. The summed E-state index contributed by atoms with van der Waals surface area (Å²) >= 11 is 0. The van der Waals surface area contributed by atoms with Crippen LogP contribution in [0.25, 0.3) is 0 Å². The van der Waals surface area contributed by atoms with Crippen molar-refractivity contribution in [3.05, 3.63) is 65.0 Å². The number of hydrogen-bond donors (Lipinski definition) is 1. The fraction of sp³-hybridized carbons (Fsp3) is 0.364. The summed E-state index contributed by atoms with van der Waals surface area (Å²) in [5, 5.41) is 2.72. The quantitative estimate of drug-likeness (QED) is 0.822. The molecule has 0 bridgehead atoms. The maximum Gasteiger partial charge on any atom is 0.258 e. The maximum absolute atomic E-state index is 13.9. The Labute approximate surface area is 164 Å². The summed E-state index contributed by atoms with van der Waals surface area (Å²) in [5.41, 5.74) is 1.76. The summed E-state index contributed by atoms with van der Waals surface area (Å²) in [6, 6.07) is 11.0. The molecule has 0 spiro atoms. The van der Waals surface area contributed by atoms with Crippen LogP contribution in [0.3, 0.4) is 0 Å². The van der Waals surface area contributed by atoms with E-state index in [-0.39, 0.29) is 11.5 Å². The highest BCUT2D eigenvalue weighted by Gasteiger charge is 2.23. The van der Waals surface area contributed by atoms with Gasteiger partial charge in [0.1, 0.15) is 5.82 Å². The number of carbonyl (C=O) groups is 2. The van der Waals surface area contributed by atoms with Gasteiger partial charge in [-0.3, -0.25) is 9.59 Å². The molecule has 0 saturated carbocycles. The first-order valence-electron chi connectivity index (χ1n) is 9.53. The molecule has 0 aromatic heterocycles. The van der Waals surface area contributed by atoms with Crippen LogP contribution in [0.4, 0.5) is 10.1 Å². The molecule has 1 unspecified atom stereocenters. The Kier molecular flexibility index (Phi) is 6.41. The van der Waals surface area contributed by atoms with Crippen molar-refractivity contribution in [2.75, 3.05) is 31.6 Å². The molecule has 28 heavy (non-hydrogen) atoms. The molecular weight excluding hydrogens is 359 g/mol. The van der Waals surface area contributed by atoms with Crippen molar-refractivity contribution in [3.63, 3.8) is 0 Å². The van der Waals surface area contributed by atoms with Crippen LogP contribution in [0.1, 0.15) is 39.6 Å². The molecule has 2 aromatic carbocycles. The maximum atomic E-state index is 13.9. The van der Waals surface area contributed by atoms with Crippen LogP contribution < -0.4 is 5.32 Å². The van der Waals surface area contributed by atoms with Crippen molar-refractivity contribution in [2.45, 2.75) is 20.3 Å². The van der Waals surface area contributed by atoms with E-state index in [1.807, 2.05) is 13.8 Å². The molecular formula is C22H25FN2O3. The van der Waals surface area contributed by atoms with Crippen LogP contribution in [0.15, 0.2) is 42.5 Å². The molecule has 1 aliphatic rings. The predicted molar refractivity (Wildman–Crippen MR) is 106 cm³/mol. The number of anilines is 1. The third-order valence-electron chi connectivity index (χ3n) is 5.02. The number of halogens is 1. The third-order valence-corrected chi connectivity index (χ3v) is 5.02. The molecule has 2 aromatic rings. The summed E-state index contributed by atoms with van der Waals surface area (Å²) in [6.45, 7) is 6.45. The number of carbonyl (C=O) groups excluding carboxylic acids is 2. The number of rotatable bonds is 6. The zero-order valence-corrected chi connectivity index (χ0v) is 16.2. The summed E-state index contributed by atoms with van der Waals surface area (Å²) in [6.07, 6.45) is 0.960. The van der Waals surface area contributed by atoms with Crippen LogP contribution in [-0.4, -0.2) is 43.0 Å². The zero-order valence-electron chi connectivity index (χ0n) is 16.2. The molecule has 1 atom stereocenters.